The average Bonchev–Trinajstić information content (AvgIpc) is 2.56. The number of benzene rings is 2. The van der Waals surface area contributed by atoms with E-state index in [0.717, 1.165) is 28.3 Å². The number of aryl methyl sites for hydroxylation is 1. The topological polar surface area (TPSA) is 62.6 Å². The maximum Gasteiger partial charge on any atom is 0.279 e. The molecule has 0 aliphatic heterocycles. The van der Waals surface area contributed by atoms with Crippen molar-refractivity contribution in [3.05, 3.63) is 65.2 Å². The molecule has 0 heterocycles. The summed E-state index contributed by atoms with van der Waals surface area (Å²) in [6.45, 7) is 3.11. The summed E-state index contributed by atoms with van der Waals surface area (Å²) in [5, 5.41) is 5.50. The summed E-state index contributed by atoms with van der Waals surface area (Å²) < 4.78 is 0. The normalized spacial score (nSPS) is 11.6. The van der Waals surface area contributed by atoms with Crippen LogP contribution in [0, 0.1) is 6.92 Å². The highest BCUT2D eigenvalue weighted by molar-refractivity contribution is 5.94. The van der Waals surface area contributed by atoms with E-state index < -0.39 is 0 Å². The van der Waals surface area contributed by atoms with E-state index in [1.165, 1.54) is 0 Å². The first kappa shape index (κ1) is 17.7. The zero-order chi connectivity index (χ0) is 17.5. The lowest BCUT2D eigenvalue weighted by Crippen LogP contribution is -3.08. The van der Waals surface area contributed by atoms with Crippen LogP contribution >= 0.6 is 0 Å². The molecule has 0 aliphatic rings. The first-order chi connectivity index (χ1) is 11.5. The van der Waals surface area contributed by atoms with Gasteiger partial charge in [0.25, 0.3) is 11.8 Å². The van der Waals surface area contributed by atoms with Gasteiger partial charge in [0.2, 0.25) is 0 Å². The fraction of sp³-hybridized carbons (Fsp3) is 0.263. The number of likely N-dealkylation sites (N-methyl/N-ethyl adjacent to an activating group) is 1. The number of nitrogens with one attached hydrogen (secondary N) is 3. The van der Waals surface area contributed by atoms with Crippen molar-refractivity contribution in [3.63, 3.8) is 0 Å². The molecule has 3 N–H and O–H groups in total. The molecule has 1 atom stereocenters. The largest absolute Gasteiger partial charge is 0.355 e. The van der Waals surface area contributed by atoms with Gasteiger partial charge < -0.3 is 15.5 Å². The third-order valence-corrected chi connectivity index (χ3v) is 3.75. The molecule has 126 valence electrons. The minimum atomic E-state index is -0.0975. The van der Waals surface area contributed by atoms with Crippen LogP contribution in [0.5, 0.6) is 0 Å². The Morgan fingerprint density at radius 2 is 1.62 bits per heavy atom. The van der Waals surface area contributed by atoms with Gasteiger partial charge in [0.15, 0.2) is 6.54 Å². The molecule has 0 fully saturated rings. The minimum Gasteiger partial charge on any atom is -0.355 e. The standard InChI is InChI=1S/C19H23N3O2/c1-14-4-10-17(11-5-14)21-18(23)13-22(3)12-15-6-8-16(9-7-15)19(24)20-2/h4-11H,12-13H2,1-3H3,(H,20,24)(H,21,23)/p+1. The summed E-state index contributed by atoms with van der Waals surface area (Å²) in [4.78, 5) is 24.7. The second-order valence-electron chi connectivity index (χ2n) is 6.00. The van der Waals surface area contributed by atoms with Crippen LogP contribution in [0.15, 0.2) is 48.5 Å². The molecule has 0 radical (unpaired) electrons. The number of quaternary nitrogens is 1. The molecule has 1 unspecified atom stereocenters. The Labute approximate surface area is 142 Å². The molecule has 0 aromatic heterocycles. The van der Waals surface area contributed by atoms with Crippen LogP contribution in [0.3, 0.4) is 0 Å². The summed E-state index contributed by atoms with van der Waals surface area (Å²) in [5.41, 5.74) is 3.70. The Hall–Kier alpha value is -2.66. The van der Waals surface area contributed by atoms with E-state index in [2.05, 4.69) is 10.6 Å². The van der Waals surface area contributed by atoms with Crippen molar-refractivity contribution >= 4 is 17.5 Å². The van der Waals surface area contributed by atoms with Crippen molar-refractivity contribution in [3.8, 4) is 0 Å². The van der Waals surface area contributed by atoms with Gasteiger partial charge in [-0.25, -0.2) is 0 Å². The average molecular weight is 326 g/mol. The van der Waals surface area contributed by atoms with Crippen LogP contribution in [0.2, 0.25) is 0 Å². The number of hydrogen-bond donors (Lipinski definition) is 3. The zero-order valence-electron chi connectivity index (χ0n) is 14.3. The van der Waals surface area contributed by atoms with E-state index in [1.54, 1.807) is 19.2 Å². The third kappa shape index (κ3) is 5.21. The molecule has 5 heteroatoms. The predicted molar refractivity (Wildman–Crippen MR) is 95.1 cm³/mol. The van der Waals surface area contributed by atoms with Crippen LogP contribution in [0.4, 0.5) is 5.69 Å². The SMILES string of the molecule is CNC(=O)c1ccc(C[NH+](C)CC(=O)Nc2ccc(C)cc2)cc1. The maximum absolute atomic E-state index is 12.1. The fourth-order valence-electron chi connectivity index (χ4n) is 2.45. The van der Waals surface area contributed by atoms with E-state index >= 15 is 0 Å². The van der Waals surface area contributed by atoms with Gasteiger partial charge in [-0.2, -0.15) is 0 Å². The molecule has 0 spiro atoms. The van der Waals surface area contributed by atoms with Gasteiger partial charge in [0.05, 0.1) is 7.05 Å². The number of rotatable bonds is 6. The zero-order valence-corrected chi connectivity index (χ0v) is 14.3. The van der Waals surface area contributed by atoms with Gasteiger partial charge >= 0.3 is 0 Å². The molecule has 2 aromatic rings. The molecule has 0 bridgehead atoms. The van der Waals surface area contributed by atoms with Crippen molar-refractivity contribution in [1.82, 2.24) is 5.32 Å². The van der Waals surface area contributed by atoms with Gasteiger partial charge in [0.1, 0.15) is 6.54 Å². The van der Waals surface area contributed by atoms with Crippen molar-refractivity contribution in [2.75, 3.05) is 26.0 Å². The minimum absolute atomic E-state index is 0.0154. The Morgan fingerprint density at radius 1 is 1.00 bits per heavy atom. The molecule has 2 rings (SSSR count). The van der Waals surface area contributed by atoms with E-state index in [4.69, 9.17) is 0 Å². The van der Waals surface area contributed by atoms with Crippen molar-refractivity contribution in [2.24, 2.45) is 0 Å². The van der Waals surface area contributed by atoms with Gasteiger partial charge in [-0.05, 0) is 31.2 Å². The second-order valence-corrected chi connectivity index (χ2v) is 6.00. The quantitative estimate of drug-likeness (QED) is 0.742. The van der Waals surface area contributed by atoms with Crippen LogP contribution in [-0.4, -0.2) is 32.5 Å². The van der Waals surface area contributed by atoms with Gasteiger partial charge in [-0.15, -0.1) is 0 Å². The van der Waals surface area contributed by atoms with E-state index in [-0.39, 0.29) is 11.8 Å². The monoisotopic (exact) mass is 326 g/mol. The van der Waals surface area contributed by atoms with Crippen LogP contribution in [0.1, 0.15) is 21.5 Å². The third-order valence-electron chi connectivity index (χ3n) is 3.75. The summed E-state index contributed by atoms with van der Waals surface area (Å²) in [6, 6.07) is 15.2. The number of carbonyl (C=O) groups is 2. The molecular formula is C19H24N3O2+. The van der Waals surface area contributed by atoms with Gasteiger partial charge in [0, 0.05) is 23.9 Å². The molecule has 2 aromatic carbocycles. The molecule has 5 nitrogen and oxygen atoms in total. The summed E-state index contributed by atoms with van der Waals surface area (Å²) >= 11 is 0. The fourth-order valence-corrected chi connectivity index (χ4v) is 2.45. The van der Waals surface area contributed by atoms with Crippen LogP contribution in [0.25, 0.3) is 0 Å². The van der Waals surface area contributed by atoms with Crippen molar-refractivity contribution in [2.45, 2.75) is 13.5 Å². The molecule has 0 aliphatic carbocycles. The van der Waals surface area contributed by atoms with Crippen LogP contribution < -0.4 is 15.5 Å². The Bertz CT molecular complexity index is 694. The molecule has 0 saturated heterocycles. The summed E-state index contributed by atoms with van der Waals surface area (Å²) in [6.07, 6.45) is 0. The molecule has 24 heavy (non-hydrogen) atoms. The maximum atomic E-state index is 12.1. The number of carbonyl (C=O) groups excluding carboxylic acids is 2. The highest BCUT2D eigenvalue weighted by atomic mass is 16.2. The highest BCUT2D eigenvalue weighted by Gasteiger charge is 2.11. The highest BCUT2D eigenvalue weighted by Crippen LogP contribution is 2.08. The van der Waals surface area contributed by atoms with E-state index in [0.29, 0.717) is 12.1 Å². The summed E-state index contributed by atoms with van der Waals surface area (Å²) in [5.74, 6) is -0.113. The smallest absolute Gasteiger partial charge is 0.279 e. The molecule has 0 saturated carbocycles. The lowest BCUT2D eigenvalue weighted by Gasteiger charge is -2.14. The van der Waals surface area contributed by atoms with E-state index in [9.17, 15) is 9.59 Å². The van der Waals surface area contributed by atoms with Crippen molar-refractivity contribution < 1.29 is 14.5 Å². The Kier molecular flexibility index (Phi) is 6.09. The lowest BCUT2D eigenvalue weighted by atomic mass is 10.1. The van der Waals surface area contributed by atoms with Gasteiger partial charge in [-0.1, -0.05) is 29.8 Å². The van der Waals surface area contributed by atoms with Crippen LogP contribution in [-0.2, 0) is 11.3 Å². The van der Waals surface area contributed by atoms with Gasteiger partial charge in [-0.3, -0.25) is 9.59 Å². The number of hydrogen-bond acceptors (Lipinski definition) is 2. The number of anilines is 1. The first-order valence-corrected chi connectivity index (χ1v) is 7.97. The lowest BCUT2D eigenvalue weighted by molar-refractivity contribution is -0.885. The Morgan fingerprint density at radius 3 is 2.21 bits per heavy atom. The Balaban J connectivity index is 1.85. The predicted octanol–water partition coefficient (Wildman–Crippen LogP) is 1.01. The van der Waals surface area contributed by atoms with E-state index in [1.807, 2.05) is 50.4 Å². The number of amides is 2. The molecular weight excluding hydrogens is 302 g/mol. The molecule has 2 amide bonds. The second kappa shape index (κ2) is 8.26. The first-order valence-electron chi connectivity index (χ1n) is 7.97. The summed E-state index contributed by atoms with van der Waals surface area (Å²) in [7, 11) is 3.59. The van der Waals surface area contributed by atoms with Crippen molar-refractivity contribution in [1.29, 1.82) is 0 Å².